The molecule has 0 unspecified atom stereocenters. The molecule has 0 aliphatic rings. The van der Waals surface area contributed by atoms with Crippen LogP contribution in [0.1, 0.15) is 13.3 Å². The summed E-state index contributed by atoms with van der Waals surface area (Å²) in [6.45, 7) is 5.36. The van der Waals surface area contributed by atoms with Crippen molar-refractivity contribution in [3.05, 3.63) is 20.1 Å². The molecular weight excluding hydrogens is 416 g/mol. The molecule has 0 N–H and O–H groups in total. The minimum absolute atomic E-state index is 0. The van der Waals surface area contributed by atoms with E-state index in [9.17, 15) is 0 Å². The van der Waals surface area contributed by atoms with Crippen LogP contribution in [0.15, 0.2) is 6.58 Å². The van der Waals surface area contributed by atoms with Crippen molar-refractivity contribution in [2.75, 3.05) is 0 Å². The van der Waals surface area contributed by atoms with Gasteiger partial charge in [-0.15, -0.1) is 0 Å². The molecule has 0 aromatic rings. The molecule has 0 rings (SSSR count). The third-order valence-corrected chi connectivity index (χ3v) is 0.250. The first-order valence-electron chi connectivity index (χ1n) is 1.41. The second kappa shape index (κ2) is 39.9. The van der Waals surface area contributed by atoms with Crippen molar-refractivity contribution in [3.8, 4) is 0 Å². The van der Waals surface area contributed by atoms with Crippen LogP contribution in [0.5, 0.6) is 0 Å². The van der Waals surface area contributed by atoms with E-state index in [1.165, 1.54) is 0 Å². The van der Waals surface area contributed by atoms with Gasteiger partial charge < -0.3 is 13.5 Å². The monoisotopic (exact) mass is 426 g/mol. The minimum atomic E-state index is 0. The quantitative estimate of drug-likeness (QED) is 0.562. The van der Waals surface area contributed by atoms with Crippen LogP contribution in [0, 0.1) is 13.5 Å². The Morgan fingerprint density at radius 1 is 1.11 bits per heavy atom. The topological polar surface area (TPSA) is 0 Å². The first-order valence-corrected chi connectivity index (χ1v) is 1.41. The third-order valence-electron chi connectivity index (χ3n) is 0.250. The van der Waals surface area contributed by atoms with Gasteiger partial charge in [-0.05, 0) is 0 Å². The summed E-state index contributed by atoms with van der Waals surface area (Å²) >= 11 is 0. The molecule has 0 heterocycles. The van der Waals surface area contributed by atoms with Gasteiger partial charge in [-0.3, -0.25) is 6.58 Å². The van der Waals surface area contributed by atoms with Crippen LogP contribution in [-0.4, -0.2) is 0 Å². The fourth-order valence-electron chi connectivity index (χ4n) is 0. The van der Waals surface area contributed by atoms with E-state index < -0.39 is 0 Å². The van der Waals surface area contributed by atoms with Crippen molar-refractivity contribution in [1.29, 1.82) is 0 Å². The second-order valence-electron chi connectivity index (χ2n) is 0.604. The summed E-state index contributed by atoms with van der Waals surface area (Å²) in [5.41, 5.74) is 0. The fourth-order valence-corrected chi connectivity index (χ4v) is 0. The third kappa shape index (κ3) is 47.2. The van der Waals surface area contributed by atoms with Crippen LogP contribution in [0.2, 0.25) is 0 Å². The SMILES string of the molecule is C=[C-]CC.[CH3-].[Y].[Y].[Y].[Y]. The maximum atomic E-state index is 3.35. The van der Waals surface area contributed by atoms with Gasteiger partial charge >= 0.3 is 0 Å². The van der Waals surface area contributed by atoms with Gasteiger partial charge in [-0.2, -0.15) is 6.42 Å². The van der Waals surface area contributed by atoms with E-state index in [2.05, 4.69) is 12.7 Å². The fraction of sp³-hybridized carbons (Fsp3) is 0.400. The van der Waals surface area contributed by atoms with E-state index in [-0.39, 0.29) is 138 Å². The Morgan fingerprint density at radius 3 is 1.22 bits per heavy atom. The maximum absolute atomic E-state index is 3.35. The molecule has 0 saturated carbocycles. The minimum Gasteiger partial charge on any atom is -0.504 e. The molecule has 0 saturated heterocycles. The molecule has 4 heteroatoms. The number of rotatable bonds is 1. The Morgan fingerprint density at radius 2 is 1.22 bits per heavy atom. The molecule has 0 nitrogen and oxygen atoms in total. The normalized spacial score (nSPS) is 2.78. The van der Waals surface area contributed by atoms with Gasteiger partial charge in [-0.25, -0.2) is 0 Å². The summed E-state index contributed by atoms with van der Waals surface area (Å²) in [5, 5.41) is 0. The molecule has 0 aliphatic heterocycles. The van der Waals surface area contributed by atoms with Crippen LogP contribution in [-0.2, 0) is 131 Å². The molecule has 0 spiro atoms. The van der Waals surface area contributed by atoms with Crippen molar-refractivity contribution in [2.24, 2.45) is 0 Å². The van der Waals surface area contributed by atoms with E-state index >= 15 is 0 Å². The molecule has 0 aromatic heterocycles. The Bertz CT molecular complexity index is 22.9. The number of hydrogen-bond donors (Lipinski definition) is 0. The predicted molar refractivity (Wildman–Crippen MR) is 25.6 cm³/mol. The molecule has 44 valence electrons. The van der Waals surface area contributed by atoms with Gasteiger partial charge in [0.05, 0.1) is 0 Å². The van der Waals surface area contributed by atoms with Gasteiger partial charge in [0.1, 0.15) is 0 Å². The van der Waals surface area contributed by atoms with Gasteiger partial charge in [0, 0.05) is 131 Å². The van der Waals surface area contributed by atoms with Gasteiger partial charge in [0.25, 0.3) is 0 Å². The summed E-state index contributed by atoms with van der Waals surface area (Å²) < 4.78 is 0. The average Bonchev–Trinajstić information content (AvgIpc) is 1.37. The van der Waals surface area contributed by atoms with E-state index in [0.29, 0.717) is 0 Å². The van der Waals surface area contributed by atoms with Crippen molar-refractivity contribution >= 4 is 0 Å². The standard InChI is InChI=1S/C4H7.CH3.4Y/c1-3-4-2;;;;;/h1,4H2,2H3;1H3;;;;/q2*-1;;;;. The van der Waals surface area contributed by atoms with Crippen LogP contribution >= 0.6 is 0 Å². The Kier molecular flexibility index (Phi) is 168. The van der Waals surface area contributed by atoms with Crippen LogP contribution in [0.4, 0.5) is 0 Å². The number of hydrogen-bond acceptors (Lipinski definition) is 0. The largest absolute Gasteiger partial charge is 0.504 e. The van der Waals surface area contributed by atoms with Crippen LogP contribution < -0.4 is 0 Å². The molecule has 4 radical (unpaired) electrons. The summed E-state index contributed by atoms with van der Waals surface area (Å²) in [4.78, 5) is 0. The zero-order valence-corrected chi connectivity index (χ0v) is 17.6. The maximum Gasteiger partial charge on any atom is 0 e. The van der Waals surface area contributed by atoms with Crippen LogP contribution in [0.25, 0.3) is 0 Å². The van der Waals surface area contributed by atoms with E-state index in [1.807, 2.05) is 6.92 Å². The number of allylic oxidation sites excluding steroid dienone is 1. The first kappa shape index (κ1) is 38.0. The van der Waals surface area contributed by atoms with Gasteiger partial charge in [0.2, 0.25) is 0 Å². The summed E-state index contributed by atoms with van der Waals surface area (Å²) in [5.74, 6) is 0. The average molecular weight is 426 g/mol. The molecule has 0 atom stereocenters. The van der Waals surface area contributed by atoms with Crippen molar-refractivity contribution < 1.29 is 131 Å². The predicted octanol–water partition coefficient (Wildman–Crippen LogP) is 1.83. The van der Waals surface area contributed by atoms with E-state index in [4.69, 9.17) is 0 Å². The van der Waals surface area contributed by atoms with E-state index in [0.717, 1.165) is 6.42 Å². The van der Waals surface area contributed by atoms with Crippen LogP contribution in [0.3, 0.4) is 0 Å². The molecule has 0 bridgehead atoms. The van der Waals surface area contributed by atoms with Gasteiger partial charge in [-0.1, -0.05) is 6.92 Å². The molecule has 0 fully saturated rings. The summed E-state index contributed by atoms with van der Waals surface area (Å²) in [6, 6.07) is 0. The smallest absolute Gasteiger partial charge is 0 e. The Hall–Kier alpha value is 4.16. The Balaban J connectivity index is -0.00000000450. The van der Waals surface area contributed by atoms with Crippen molar-refractivity contribution in [2.45, 2.75) is 13.3 Å². The molecule has 0 aromatic carbocycles. The first-order chi connectivity index (χ1) is 1.91. The Labute approximate surface area is 160 Å². The molecule has 0 aliphatic carbocycles. The van der Waals surface area contributed by atoms with Crippen molar-refractivity contribution in [3.63, 3.8) is 0 Å². The van der Waals surface area contributed by atoms with E-state index in [1.54, 1.807) is 0 Å². The molecule has 9 heavy (non-hydrogen) atoms. The summed E-state index contributed by atoms with van der Waals surface area (Å²) in [6.07, 6.45) is 3.64. The zero-order valence-electron chi connectivity index (χ0n) is 6.22. The second-order valence-corrected chi connectivity index (χ2v) is 0.604. The van der Waals surface area contributed by atoms with Crippen molar-refractivity contribution in [1.82, 2.24) is 0 Å². The summed E-state index contributed by atoms with van der Waals surface area (Å²) in [7, 11) is 0. The zero-order chi connectivity index (χ0) is 3.41. The molecular formula is C5H10Y4-2. The molecule has 0 amide bonds. The van der Waals surface area contributed by atoms with Gasteiger partial charge in [0.15, 0.2) is 0 Å².